The van der Waals surface area contributed by atoms with Crippen molar-refractivity contribution in [3.05, 3.63) is 62.0 Å². The van der Waals surface area contributed by atoms with E-state index >= 15 is 0 Å². The molecule has 0 spiro atoms. The molecule has 0 amide bonds. The Kier molecular flexibility index (Phi) is 10.4. The van der Waals surface area contributed by atoms with Crippen LogP contribution in [0.2, 0.25) is 0 Å². The number of aromatic nitrogens is 10. The highest BCUT2D eigenvalue weighted by Gasteiger charge is 2.53. The smallest absolute Gasteiger partial charge is 0.216 e. The summed E-state index contributed by atoms with van der Waals surface area (Å²) in [4.78, 5) is 23.2. The van der Waals surface area contributed by atoms with Gasteiger partial charge in [0.25, 0.3) is 0 Å². The van der Waals surface area contributed by atoms with Crippen molar-refractivity contribution in [3.63, 3.8) is 0 Å². The van der Waals surface area contributed by atoms with Crippen LogP contribution in [-0.4, -0.2) is 114 Å². The quantitative estimate of drug-likeness (QED) is 0.202. The van der Waals surface area contributed by atoms with Gasteiger partial charge in [0.15, 0.2) is 0 Å². The first-order chi connectivity index (χ1) is 25.7. The molecular formula is C35H42N14O4S2. The maximum Gasteiger partial charge on any atom is 0.216 e. The molecular weight excluding hydrogens is 745 g/mol. The molecule has 2 fully saturated rings. The summed E-state index contributed by atoms with van der Waals surface area (Å²) >= 11 is 0. The molecule has 0 bridgehead atoms. The zero-order chi connectivity index (χ0) is 38.5. The van der Waals surface area contributed by atoms with Gasteiger partial charge in [-0.25, -0.2) is 45.4 Å². The molecule has 6 aromatic heterocycles. The van der Waals surface area contributed by atoms with Crippen molar-refractivity contribution in [3.8, 4) is 34.7 Å². The van der Waals surface area contributed by atoms with Gasteiger partial charge in [-0.15, -0.1) is 0 Å². The molecule has 20 heteroatoms. The van der Waals surface area contributed by atoms with Crippen molar-refractivity contribution in [1.82, 2.24) is 58.1 Å². The number of H-pyrrole nitrogens is 2. The van der Waals surface area contributed by atoms with Gasteiger partial charge in [-0.2, -0.15) is 20.7 Å². The third-order valence-corrected chi connectivity index (χ3v) is 14.9. The number of aromatic amines is 2. The van der Waals surface area contributed by atoms with E-state index in [9.17, 15) is 27.4 Å². The van der Waals surface area contributed by atoms with Gasteiger partial charge in [0.1, 0.15) is 23.9 Å². The number of fused-ring (bicyclic) bond motifs is 2. The molecule has 0 aliphatic heterocycles. The molecule has 55 heavy (non-hydrogen) atoms. The number of nitrogens with one attached hydrogen (secondary N) is 2. The average Bonchev–Trinajstić information content (AvgIpc) is 3.94. The van der Waals surface area contributed by atoms with Crippen molar-refractivity contribution >= 4 is 42.1 Å². The minimum absolute atomic E-state index is 0. The second-order valence-electron chi connectivity index (χ2n) is 14.1. The molecule has 18 nitrogen and oxygen atoms in total. The number of hydrogen-bond acceptors (Lipinski definition) is 12. The Morgan fingerprint density at radius 1 is 0.709 bits per heavy atom. The van der Waals surface area contributed by atoms with E-state index in [1.807, 2.05) is 24.5 Å². The fraction of sp³-hybridized carbons (Fsp3) is 0.429. The SMILES string of the molecule is C.CN(C)S(=O)(=O)C1CC(CC#N)(n2cc(-c3ncnc4[nH]ccc34)cn2)C1.CN(C)S(=O)(=O)C1CC(CC#N)(n2cc(-c3ncnc4[nH]ccc34)cn2)C1. The molecule has 2 aliphatic rings. The molecule has 8 rings (SSSR count). The maximum atomic E-state index is 12.4. The van der Waals surface area contributed by atoms with Crippen molar-refractivity contribution in [1.29, 1.82) is 10.5 Å². The zero-order valence-corrected chi connectivity index (χ0v) is 31.6. The summed E-state index contributed by atoms with van der Waals surface area (Å²) in [5, 5.41) is 28.2. The van der Waals surface area contributed by atoms with Crippen LogP contribution < -0.4 is 0 Å². The number of rotatable bonds is 10. The molecule has 6 heterocycles. The minimum atomic E-state index is -3.35. The van der Waals surface area contributed by atoms with Crippen LogP contribution in [0.4, 0.5) is 0 Å². The highest BCUT2D eigenvalue weighted by Crippen LogP contribution is 2.47. The van der Waals surface area contributed by atoms with E-state index in [4.69, 9.17) is 0 Å². The lowest BCUT2D eigenvalue weighted by molar-refractivity contribution is 0.131. The van der Waals surface area contributed by atoms with Gasteiger partial charge >= 0.3 is 0 Å². The molecule has 288 valence electrons. The van der Waals surface area contributed by atoms with Gasteiger partial charge in [0.05, 0.1) is 70.3 Å². The zero-order valence-electron chi connectivity index (χ0n) is 30.0. The molecule has 0 saturated heterocycles. The summed E-state index contributed by atoms with van der Waals surface area (Å²) in [6.45, 7) is 0. The van der Waals surface area contributed by atoms with Crippen LogP contribution in [0, 0.1) is 22.7 Å². The van der Waals surface area contributed by atoms with Gasteiger partial charge in [-0.05, 0) is 37.8 Å². The monoisotopic (exact) mass is 786 g/mol. The van der Waals surface area contributed by atoms with Crippen molar-refractivity contribution in [2.75, 3.05) is 28.2 Å². The number of hydrogen-bond donors (Lipinski definition) is 2. The lowest BCUT2D eigenvalue weighted by Gasteiger charge is -2.46. The summed E-state index contributed by atoms with van der Waals surface area (Å²) in [6, 6.07) is 8.17. The summed E-state index contributed by atoms with van der Waals surface area (Å²) < 4.78 is 55.4. The average molecular weight is 787 g/mol. The Bertz CT molecular complexity index is 2450. The van der Waals surface area contributed by atoms with Gasteiger partial charge < -0.3 is 9.97 Å². The van der Waals surface area contributed by atoms with Crippen LogP contribution in [-0.2, 0) is 31.1 Å². The second-order valence-corrected chi connectivity index (χ2v) is 19.0. The van der Waals surface area contributed by atoms with E-state index in [2.05, 4.69) is 52.2 Å². The topological polar surface area (TPSA) is 241 Å². The number of nitrogens with zero attached hydrogens (tertiary/aromatic N) is 12. The van der Waals surface area contributed by atoms with E-state index in [1.54, 1.807) is 34.2 Å². The van der Waals surface area contributed by atoms with Crippen LogP contribution in [0.15, 0.2) is 62.0 Å². The van der Waals surface area contributed by atoms with E-state index < -0.39 is 41.6 Å². The van der Waals surface area contributed by atoms with Crippen LogP contribution in [0.3, 0.4) is 0 Å². The summed E-state index contributed by atoms with van der Waals surface area (Å²) in [5.74, 6) is 0. The highest BCUT2D eigenvalue weighted by atomic mass is 32.2. The standard InChI is InChI=1S/2C17H19N7O2S.CH4/c2*1-23(2)27(25,26)13-7-17(8-13,4-5-18)24-10-12(9-22-24)15-14-3-6-19-16(14)21-11-20-15;/h2*3,6,9-11,13H,4,7-8H2,1-2H3,(H,19,20,21);1H4. The number of sulfonamides is 2. The Morgan fingerprint density at radius 3 is 1.44 bits per heavy atom. The predicted molar refractivity (Wildman–Crippen MR) is 205 cm³/mol. The Morgan fingerprint density at radius 2 is 1.09 bits per heavy atom. The molecule has 0 radical (unpaired) electrons. The third kappa shape index (κ3) is 6.75. The Balaban J connectivity index is 0.000000184. The van der Waals surface area contributed by atoms with Gasteiger partial charge in [0, 0.05) is 74.9 Å². The van der Waals surface area contributed by atoms with E-state index in [0.717, 1.165) is 44.6 Å². The molecule has 2 saturated carbocycles. The van der Waals surface area contributed by atoms with Gasteiger partial charge in [0.2, 0.25) is 20.0 Å². The van der Waals surface area contributed by atoms with Crippen molar-refractivity contribution < 1.29 is 16.8 Å². The lowest BCUT2D eigenvalue weighted by atomic mass is 9.74. The summed E-state index contributed by atoms with van der Waals surface area (Å²) in [7, 11) is -0.570. The van der Waals surface area contributed by atoms with Gasteiger partial charge in [-0.3, -0.25) is 9.36 Å². The van der Waals surface area contributed by atoms with Crippen LogP contribution in [0.1, 0.15) is 46.0 Å². The second kappa shape index (κ2) is 14.6. The van der Waals surface area contributed by atoms with Crippen LogP contribution in [0.25, 0.3) is 44.6 Å². The first kappa shape index (κ1) is 39.2. The predicted octanol–water partition coefficient (Wildman–Crippen LogP) is 3.60. The molecule has 0 atom stereocenters. The lowest BCUT2D eigenvalue weighted by Crippen LogP contribution is -2.54. The van der Waals surface area contributed by atoms with Crippen LogP contribution >= 0.6 is 0 Å². The molecule has 2 aliphatic carbocycles. The highest BCUT2D eigenvalue weighted by molar-refractivity contribution is 7.90. The normalized spacial score (nSPS) is 22.3. The fourth-order valence-electron chi connectivity index (χ4n) is 7.33. The minimum Gasteiger partial charge on any atom is -0.346 e. The first-order valence-corrected chi connectivity index (χ1v) is 20.0. The molecule has 0 unspecified atom stereocenters. The maximum absolute atomic E-state index is 12.4. The molecule has 0 aromatic carbocycles. The number of nitriles is 2. The van der Waals surface area contributed by atoms with Crippen molar-refractivity contribution in [2.45, 2.75) is 67.5 Å². The third-order valence-electron chi connectivity index (χ3n) is 10.5. The summed E-state index contributed by atoms with van der Waals surface area (Å²) in [5.41, 5.74) is 3.36. The van der Waals surface area contributed by atoms with E-state index in [1.165, 1.54) is 49.5 Å². The first-order valence-electron chi connectivity index (χ1n) is 17.0. The molecule has 6 aromatic rings. The fourth-order valence-corrected chi connectivity index (χ4v) is 10.6. The van der Waals surface area contributed by atoms with E-state index in [0.29, 0.717) is 25.7 Å². The van der Waals surface area contributed by atoms with Crippen molar-refractivity contribution in [2.24, 2.45) is 0 Å². The largest absolute Gasteiger partial charge is 0.346 e. The van der Waals surface area contributed by atoms with Crippen LogP contribution in [0.5, 0.6) is 0 Å². The Labute approximate surface area is 319 Å². The van der Waals surface area contributed by atoms with Gasteiger partial charge in [-0.1, -0.05) is 7.43 Å². The van der Waals surface area contributed by atoms with E-state index in [-0.39, 0.29) is 20.3 Å². The summed E-state index contributed by atoms with van der Waals surface area (Å²) in [6.07, 6.45) is 15.5. The Hall–Kier alpha value is -5.54. The molecule has 2 N–H and O–H groups in total.